The molecular formula is C8H16N2O. The summed E-state index contributed by atoms with van der Waals surface area (Å²) in [7, 11) is 0.383. The van der Waals surface area contributed by atoms with Crippen molar-refractivity contribution < 1.29 is 6.17 Å². The van der Waals surface area contributed by atoms with E-state index in [2.05, 4.69) is 9.80 Å². The van der Waals surface area contributed by atoms with Gasteiger partial charge in [-0.25, -0.2) is 0 Å². The highest BCUT2D eigenvalue weighted by atomic mass is 18.1. The summed E-state index contributed by atoms with van der Waals surface area (Å²) in [5.41, 5.74) is 0. The minimum absolute atomic E-state index is 0.231. The maximum Gasteiger partial charge on any atom is 0.143 e. The van der Waals surface area contributed by atoms with Crippen molar-refractivity contribution in [1.29, 1.82) is 0 Å². The molecule has 3 heteroatoms. The molecule has 0 amide bonds. The molecule has 0 spiro atoms. The van der Waals surface area contributed by atoms with Gasteiger partial charge in [0.25, 0.3) is 0 Å². The number of hydrogen-bond acceptors (Lipinski definition) is 3. The summed E-state index contributed by atoms with van der Waals surface area (Å²) >= 11 is 0. The summed E-state index contributed by atoms with van der Waals surface area (Å²) in [4.78, 5) is 15.0. The molecule has 3 nitrogen and oxygen atoms in total. The molecule has 0 aromatic heterocycles. The van der Waals surface area contributed by atoms with E-state index < -0.39 is 0 Å². The first kappa shape index (κ1) is 7.25. The molecule has 0 unspecified atom stereocenters. The lowest BCUT2D eigenvalue weighted by Gasteiger charge is -2.31. The SMILES string of the molecule is [2H]CN1CCN(CC(C)=[18O])CC1. The van der Waals surface area contributed by atoms with Gasteiger partial charge in [0.2, 0.25) is 0 Å². The molecule has 0 N–H and O–H groups in total. The quantitative estimate of drug-likeness (QED) is 0.522. The van der Waals surface area contributed by atoms with Gasteiger partial charge in [-0.1, -0.05) is 0 Å². The third-order valence-electron chi connectivity index (χ3n) is 1.91. The van der Waals surface area contributed by atoms with Gasteiger partial charge in [0.05, 0.1) is 6.54 Å². The zero-order valence-corrected chi connectivity index (χ0v) is 7.05. The van der Waals surface area contributed by atoms with E-state index in [0.717, 1.165) is 26.2 Å². The van der Waals surface area contributed by atoms with Crippen molar-refractivity contribution in [2.75, 3.05) is 39.7 Å². The van der Waals surface area contributed by atoms with Crippen molar-refractivity contribution in [2.24, 2.45) is 0 Å². The van der Waals surface area contributed by atoms with Crippen molar-refractivity contribution in [3.8, 4) is 0 Å². The number of rotatable bonds is 2. The van der Waals surface area contributed by atoms with Gasteiger partial charge in [-0.2, -0.15) is 0 Å². The third kappa shape index (κ3) is 2.99. The zero-order chi connectivity index (χ0) is 8.97. The number of piperazine rings is 1. The summed E-state index contributed by atoms with van der Waals surface area (Å²) in [5, 5.41) is 0. The van der Waals surface area contributed by atoms with Gasteiger partial charge in [0.1, 0.15) is 5.78 Å². The third-order valence-corrected chi connectivity index (χ3v) is 1.91. The van der Waals surface area contributed by atoms with Gasteiger partial charge in [0.15, 0.2) is 0 Å². The highest BCUT2D eigenvalue weighted by Crippen LogP contribution is 1.97. The Morgan fingerprint density at radius 1 is 1.45 bits per heavy atom. The van der Waals surface area contributed by atoms with E-state index in [1.807, 2.05) is 0 Å². The second kappa shape index (κ2) is 3.83. The molecule has 64 valence electrons. The lowest BCUT2D eigenvalue weighted by molar-refractivity contribution is -0.118. The van der Waals surface area contributed by atoms with E-state index >= 15 is 0 Å². The molecule has 1 heterocycles. The fourth-order valence-corrected chi connectivity index (χ4v) is 1.26. The molecule has 1 rings (SSSR count). The van der Waals surface area contributed by atoms with Crippen LogP contribution in [-0.4, -0.2) is 55.3 Å². The maximum atomic E-state index is 10.8. The highest BCUT2D eigenvalue weighted by Gasteiger charge is 2.13. The second-order valence-corrected chi connectivity index (χ2v) is 3.10. The Hall–Kier alpha value is -0.410. The van der Waals surface area contributed by atoms with Crippen LogP contribution in [0.15, 0.2) is 0 Å². The van der Waals surface area contributed by atoms with Gasteiger partial charge >= 0.3 is 0 Å². The Labute approximate surface area is 69.4 Å². The summed E-state index contributed by atoms with van der Waals surface area (Å²) in [6.07, 6.45) is 0. The van der Waals surface area contributed by atoms with Crippen LogP contribution in [0.1, 0.15) is 8.29 Å². The van der Waals surface area contributed by atoms with Crippen LogP contribution in [-0.2, 0) is 4.79 Å². The molecule has 11 heavy (non-hydrogen) atoms. The number of hydrogen-bond donors (Lipinski definition) is 0. The monoisotopic (exact) mass is 159 g/mol. The largest absolute Gasteiger partial charge is 0.304 e. The van der Waals surface area contributed by atoms with Gasteiger partial charge < -0.3 is 4.90 Å². The molecule has 1 saturated heterocycles. The summed E-state index contributed by atoms with van der Waals surface area (Å²) in [6, 6.07) is 0. The average molecular weight is 159 g/mol. The smallest absolute Gasteiger partial charge is 0.143 e. The molecule has 0 aromatic carbocycles. The van der Waals surface area contributed by atoms with Crippen LogP contribution in [0.5, 0.6) is 0 Å². The number of Topliss-reactive ketones (excluding diaryl/α,β-unsaturated/α-hetero) is 1. The molecule has 0 aliphatic carbocycles. The topological polar surface area (TPSA) is 23.6 Å². The summed E-state index contributed by atoms with van der Waals surface area (Å²) in [5.74, 6) is 0.231. The van der Waals surface area contributed by atoms with Crippen molar-refractivity contribution in [3.63, 3.8) is 0 Å². The van der Waals surface area contributed by atoms with Crippen molar-refractivity contribution in [2.45, 2.75) is 6.92 Å². The first-order valence-electron chi connectivity index (χ1n) is 4.66. The average Bonchev–Trinajstić information content (AvgIpc) is 2.05. The van der Waals surface area contributed by atoms with E-state index in [1.165, 1.54) is 0 Å². The molecule has 0 bridgehead atoms. The predicted molar refractivity (Wildman–Crippen MR) is 44.6 cm³/mol. The molecule has 1 aliphatic rings. The first-order chi connectivity index (χ1) is 5.72. The Morgan fingerprint density at radius 3 is 2.55 bits per heavy atom. The highest BCUT2D eigenvalue weighted by molar-refractivity contribution is 5.77. The number of ketones is 1. The Balaban J connectivity index is 2.21. The lowest BCUT2D eigenvalue weighted by atomic mass is 10.3. The second-order valence-electron chi connectivity index (χ2n) is 3.10. The van der Waals surface area contributed by atoms with Crippen molar-refractivity contribution in [3.05, 3.63) is 0 Å². The number of likely N-dealkylation sites (N-methyl/N-ethyl adjacent to an activating group) is 1. The van der Waals surface area contributed by atoms with Crippen LogP contribution >= 0.6 is 0 Å². The lowest BCUT2D eigenvalue weighted by Crippen LogP contribution is -2.45. The molecule has 1 aliphatic heterocycles. The molecule has 1 fully saturated rings. The Kier molecular flexibility index (Phi) is 2.53. The number of nitrogens with zero attached hydrogens (tertiary/aromatic N) is 2. The summed E-state index contributed by atoms with van der Waals surface area (Å²) < 4.78 is 7.15. The van der Waals surface area contributed by atoms with Crippen molar-refractivity contribution in [1.82, 2.24) is 9.80 Å². The maximum absolute atomic E-state index is 10.8. The van der Waals surface area contributed by atoms with E-state index in [-0.39, 0.29) is 5.78 Å². The minimum Gasteiger partial charge on any atom is -0.304 e. The predicted octanol–water partition coefficient (Wildman–Crippen LogP) is -0.177. The van der Waals surface area contributed by atoms with E-state index in [9.17, 15) is 4.79 Å². The van der Waals surface area contributed by atoms with Crippen LogP contribution in [0, 0.1) is 0 Å². The Bertz CT molecular complexity index is 155. The van der Waals surface area contributed by atoms with Crippen LogP contribution in [0.4, 0.5) is 0 Å². The Morgan fingerprint density at radius 2 is 2.09 bits per heavy atom. The van der Waals surface area contributed by atoms with Gasteiger partial charge in [-0.15, -0.1) is 0 Å². The van der Waals surface area contributed by atoms with E-state index in [1.54, 1.807) is 6.92 Å². The molecular weight excluding hydrogens is 142 g/mol. The van der Waals surface area contributed by atoms with Gasteiger partial charge in [-0.3, -0.25) is 9.69 Å². The zero-order valence-electron chi connectivity index (χ0n) is 8.05. The molecule has 0 saturated carbocycles. The van der Waals surface area contributed by atoms with Gasteiger partial charge in [0, 0.05) is 27.5 Å². The van der Waals surface area contributed by atoms with E-state index in [4.69, 9.17) is 1.37 Å². The van der Waals surface area contributed by atoms with Crippen molar-refractivity contribution >= 4 is 5.78 Å². The normalized spacial score (nSPS) is 23.2. The van der Waals surface area contributed by atoms with Crippen LogP contribution < -0.4 is 0 Å². The summed E-state index contributed by atoms with van der Waals surface area (Å²) in [6.45, 7) is 5.91. The van der Waals surface area contributed by atoms with Crippen LogP contribution in [0.25, 0.3) is 0 Å². The van der Waals surface area contributed by atoms with Crippen LogP contribution in [0.3, 0.4) is 0 Å². The number of carbonyl (C=O) groups excluding carboxylic acids is 1. The van der Waals surface area contributed by atoms with Gasteiger partial charge in [-0.05, 0) is 13.9 Å². The standard InChI is InChI=1S/C8H16N2O/c1-8(11)7-10-5-3-9(2)4-6-10/h3-7H2,1-2H3/i2D,11+2. The fourth-order valence-electron chi connectivity index (χ4n) is 1.26. The first-order valence-corrected chi connectivity index (χ1v) is 3.96. The van der Waals surface area contributed by atoms with E-state index in [0.29, 0.717) is 13.6 Å². The molecule has 0 aromatic rings. The molecule has 0 atom stereocenters. The minimum atomic E-state index is 0.231. The number of carbonyl (C=O) groups is 1. The van der Waals surface area contributed by atoms with Crippen LogP contribution in [0.2, 0.25) is 0 Å². The fraction of sp³-hybridized carbons (Fsp3) is 0.875. The molecule has 0 radical (unpaired) electrons.